The third-order valence-corrected chi connectivity index (χ3v) is 7.56. The molecule has 3 rings (SSSR count). The second-order valence-electron chi connectivity index (χ2n) is 8.50. The van der Waals surface area contributed by atoms with Gasteiger partial charge in [-0.1, -0.05) is 44.2 Å². The summed E-state index contributed by atoms with van der Waals surface area (Å²) in [6.07, 6.45) is 2.19. The van der Waals surface area contributed by atoms with Crippen molar-refractivity contribution in [2.24, 2.45) is 0 Å². The van der Waals surface area contributed by atoms with Crippen molar-refractivity contribution in [3.63, 3.8) is 0 Å². The van der Waals surface area contributed by atoms with Crippen LogP contribution in [0.3, 0.4) is 0 Å². The second kappa shape index (κ2) is 11.7. The maximum Gasteiger partial charge on any atom is 0.224 e. The summed E-state index contributed by atoms with van der Waals surface area (Å²) in [6.45, 7) is 7.54. The minimum Gasteiger partial charge on any atom is -0.338 e. The molecule has 2 aromatic rings. The number of aryl methyl sites for hydroxylation is 2. The van der Waals surface area contributed by atoms with Gasteiger partial charge in [0.05, 0.1) is 24.9 Å². The van der Waals surface area contributed by atoms with Crippen LogP contribution in [0.5, 0.6) is 0 Å². The minimum absolute atomic E-state index is 0.0541. The molecule has 182 valence electrons. The Hall–Kier alpha value is -2.30. The molecule has 0 spiro atoms. The van der Waals surface area contributed by atoms with E-state index < -0.39 is 16.1 Å². The summed E-state index contributed by atoms with van der Waals surface area (Å²) in [5.74, 6) is 1.27. The molecule has 1 N–H and O–H groups in total. The molecule has 1 aliphatic rings. The number of hydrogen-bond acceptors (Lipinski definition) is 6. The Morgan fingerprint density at radius 2 is 1.91 bits per heavy atom. The normalized spacial score (nSPS) is 15.5. The van der Waals surface area contributed by atoms with Crippen LogP contribution in [0, 0.1) is 0 Å². The van der Waals surface area contributed by atoms with Crippen LogP contribution in [-0.2, 0) is 34.3 Å². The summed E-state index contributed by atoms with van der Waals surface area (Å²) >= 11 is 0. The van der Waals surface area contributed by atoms with Crippen molar-refractivity contribution >= 4 is 15.9 Å². The summed E-state index contributed by atoms with van der Waals surface area (Å²) in [6, 6.07) is 9.46. The number of fused-ring (bicyclic) bond motifs is 1. The minimum atomic E-state index is -3.50. The highest BCUT2D eigenvalue weighted by atomic mass is 32.2. The van der Waals surface area contributed by atoms with E-state index in [4.69, 9.17) is 0 Å². The van der Waals surface area contributed by atoms with Crippen molar-refractivity contribution < 1.29 is 13.2 Å². The van der Waals surface area contributed by atoms with Gasteiger partial charge < -0.3 is 9.80 Å². The number of carbonyl (C=O) groups excluding carboxylic acids is 1. The standard InChI is InChI=1S/C23H36N6O3S/c1-4-28(5-2)15-9-17-33(31,32)26-20(13-12-19-10-7-6-8-11-19)23-24-21-18-27(3)22(30)14-16-29(21)25-23/h6-8,10-11,20,26H,4-5,9,12-18H2,1-3H3/t20-/m1/s1. The van der Waals surface area contributed by atoms with Crippen molar-refractivity contribution in [2.75, 3.05) is 32.4 Å². The summed E-state index contributed by atoms with van der Waals surface area (Å²) in [5.41, 5.74) is 1.13. The fraction of sp³-hybridized carbons (Fsp3) is 0.609. The van der Waals surface area contributed by atoms with Gasteiger partial charge >= 0.3 is 0 Å². The van der Waals surface area contributed by atoms with Gasteiger partial charge in [-0.05, 0) is 44.5 Å². The van der Waals surface area contributed by atoms with Crippen LogP contribution in [0.4, 0.5) is 0 Å². The van der Waals surface area contributed by atoms with Crippen molar-refractivity contribution in [3.05, 3.63) is 47.5 Å². The summed E-state index contributed by atoms with van der Waals surface area (Å²) < 4.78 is 30.5. The van der Waals surface area contributed by atoms with Gasteiger partial charge in [0.2, 0.25) is 15.9 Å². The van der Waals surface area contributed by atoms with Gasteiger partial charge in [-0.3, -0.25) is 4.79 Å². The third-order valence-electron chi connectivity index (χ3n) is 6.09. The Balaban J connectivity index is 1.75. The van der Waals surface area contributed by atoms with E-state index in [-0.39, 0.29) is 11.7 Å². The van der Waals surface area contributed by atoms with E-state index in [1.54, 1.807) is 16.6 Å². The Morgan fingerprint density at radius 3 is 2.61 bits per heavy atom. The molecular formula is C23H36N6O3S. The SMILES string of the molecule is CCN(CC)CCCS(=O)(=O)N[C@H](CCc1ccccc1)c1nc2n(n1)CCC(=O)N(C)C2. The Bertz CT molecular complexity index is 1000. The number of rotatable bonds is 12. The number of carbonyl (C=O) groups is 1. The second-order valence-corrected chi connectivity index (χ2v) is 10.4. The lowest BCUT2D eigenvalue weighted by atomic mass is 10.1. The lowest BCUT2D eigenvalue weighted by Gasteiger charge is -2.19. The maximum absolute atomic E-state index is 12.9. The molecule has 0 bridgehead atoms. The molecule has 1 atom stereocenters. The first kappa shape index (κ1) is 25.3. The van der Waals surface area contributed by atoms with E-state index in [2.05, 4.69) is 33.6 Å². The van der Waals surface area contributed by atoms with E-state index in [1.807, 2.05) is 30.3 Å². The Kier molecular flexibility index (Phi) is 8.99. The Labute approximate surface area is 197 Å². The largest absolute Gasteiger partial charge is 0.338 e. The van der Waals surface area contributed by atoms with Gasteiger partial charge in [-0.2, -0.15) is 5.10 Å². The first-order valence-electron chi connectivity index (χ1n) is 11.7. The van der Waals surface area contributed by atoms with E-state index >= 15 is 0 Å². The van der Waals surface area contributed by atoms with Crippen LogP contribution in [0.25, 0.3) is 0 Å². The van der Waals surface area contributed by atoms with E-state index in [0.717, 1.165) is 25.2 Å². The Morgan fingerprint density at radius 1 is 1.18 bits per heavy atom. The number of aromatic nitrogens is 3. The van der Waals surface area contributed by atoms with E-state index in [1.165, 1.54) is 0 Å². The number of hydrogen-bond donors (Lipinski definition) is 1. The third kappa shape index (κ3) is 7.35. The molecule has 0 aliphatic carbocycles. The van der Waals surface area contributed by atoms with Crippen LogP contribution in [0.1, 0.15) is 56.4 Å². The average molecular weight is 477 g/mol. The van der Waals surface area contributed by atoms with Crippen molar-refractivity contribution in [1.29, 1.82) is 0 Å². The fourth-order valence-electron chi connectivity index (χ4n) is 4.02. The van der Waals surface area contributed by atoms with Gasteiger partial charge in [0.25, 0.3) is 0 Å². The van der Waals surface area contributed by atoms with Crippen LogP contribution in [0.15, 0.2) is 30.3 Å². The molecule has 10 heteroatoms. The van der Waals surface area contributed by atoms with Crippen molar-refractivity contribution in [2.45, 2.75) is 58.7 Å². The molecule has 0 unspecified atom stereocenters. The van der Waals surface area contributed by atoms with Gasteiger partial charge in [-0.15, -0.1) is 0 Å². The molecule has 1 aromatic carbocycles. The molecule has 0 saturated heterocycles. The molecule has 1 aromatic heterocycles. The molecular weight excluding hydrogens is 440 g/mol. The number of sulfonamides is 1. The quantitative estimate of drug-likeness (QED) is 0.503. The zero-order valence-electron chi connectivity index (χ0n) is 19.9. The first-order chi connectivity index (χ1) is 15.8. The van der Waals surface area contributed by atoms with Crippen molar-refractivity contribution in [3.8, 4) is 0 Å². The summed E-state index contributed by atoms with van der Waals surface area (Å²) in [5, 5.41) is 4.60. The summed E-state index contributed by atoms with van der Waals surface area (Å²) in [7, 11) is -1.76. The van der Waals surface area contributed by atoms with Crippen LogP contribution < -0.4 is 4.72 Å². The van der Waals surface area contributed by atoms with Crippen molar-refractivity contribution in [1.82, 2.24) is 29.3 Å². The number of amides is 1. The number of nitrogens with one attached hydrogen (secondary N) is 1. The molecule has 0 radical (unpaired) electrons. The zero-order chi connectivity index (χ0) is 23.8. The molecule has 1 aliphatic heterocycles. The molecule has 33 heavy (non-hydrogen) atoms. The van der Waals surface area contributed by atoms with Gasteiger partial charge in [0.1, 0.15) is 5.82 Å². The van der Waals surface area contributed by atoms with Crippen LogP contribution in [0.2, 0.25) is 0 Å². The van der Waals surface area contributed by atoms with Gasteiger partial charge in [-0.25, -0.2) is 22.8 Å². The highest BCUT2D eigenvalue weighted by molar-refractivity contribution is 7.89. The van der Waals surface area contributed by atoms with E-state index in [9.17, 15) is 13.2 Å². The molecule has 1 amide bonds. The molecule has 0 fully saturated rings. The zero-order valence-corrected chi connectivity index (χ0v) is 20.7. The average Bonchev–Trinajstić information content (AvgIpc) is 3.15. The smallest absolute Gasteiger partial charge is 0.224 e. The highest BCUT2D eigenvalue weighted by Crippen LogP contribution is 2.20. The van der Waals surface area contributed by atoms with Crippen LogP contribution in [-0.4, -0.2) is 71.3 Å². The highest BCUT2D eigenvalue weighted by Gasteiger charge is 2.27. The molecule has 9 nitrogen and oxygen atoms in total. The fourth-order valence-corrected chi connectivity index (χ4v) is 5.30. The topological polar surface area (TPSA) is 100 Å². The first-order valence-corrected chi connectivity index (χ1v) is 13.4. The molecule has 0 saturated carbocycles. The predicted molar refractivity (Wildman–Crippen MR) is 128 cm³/mol. The maximum atomic E-state index is 12.9. The lowest BCUT2D eigenvalue weighted by molar-refractivity contribution is -0.130. The predicted octanol–water partition coefficient (Wildman–Crippen LogP) is 1.97. The number of benzene rings is 1. The van der Waals surface area contributed by atoms with Gasteiger partial charge in [0.15, 0.2) is 5.82 Å². The number of nitrogens with zero attached hydrogens (tertiary/aromatic N) is 5. The van der Waals surface area contributed by atoms with E-state index in [0.29, 0.717) is 50.4 Å². The molecule has 2 heterocycles. The monoisotopic (exact) mass is 476 g/mol. The van der Waals surface area contributed by atoms with Gasteiger partial charge in [0, 0.05) is 13.5 Å². The van der Waals surface area contributed by atoms with Crippen LogP contribution >= 0.6 is 0 Å². The summed E-state index contributed by atoms with van der Waals surface area (Å²) in [4.78, 5) is 20.5. The lowest BCUT2D eigenvalue weighted by Crippen LogP contribution is -2.33.